The summed E-state index contributed by atoms with van der Waals surface area (Å²) in [4.78, 5) is 12.4. The summed E-state index contributed by atoms with van der Waals surface area (Å²) in [6, 6.07) is 11.5. The van der Waals surface area contributed by atoms with Crippen molar-refractivity contribution in [2.24, 2.45) is 0 Å². The number of amides is 1. The Morgan fingerprint density at radius 1 is 1.19 bits per heavy atom. The molecule has 110 valence electrons. The minimum atomic E-state index is -0.357. The molecule has 0 aliphatic heterocycles. The van der Waals surface area contributed by atoms with Gasteiger partial charge >= 0.3 is 0 Å². The Kier molecular flexibility index (Phi) is 5.33. The molecule has 2 N–H and O–H groups in total. The van der Waals surface area contributed by atoms with Gasteiger partial charge in [0.05, 0.1) is 11.3 Å². The van der Waals surface area contributed by atoms with E-state index in [0.29, 0.717) is 15.7 Å². The summed E-state index contributed by atoms with van der Waals surface area (Å²) < 4.78 is 13.6. The molecule has 0 bridgehead atoms. The van der Waals surface area contributed by atoms with Crippen LogP contribution in [0.15, 0.2) is 46.9 Å². The standard InChI is InChI=1S/C16H16BrFN2O/c1-2-9-19-14-6-4-3-5-12(14)16(21)20-15-8-7-11(18)10-13(15)17/h3-8,10,19H,2,9H2,1H3,(H,20,21). The van der Waals surface area contributed by atoms with E-state index in [1.807, 2.05) is 18.2 Å². The number of benzene rings is 2. The van der Waals surface area contributed by atoms with Crippen molar-refractivity contribution in [3.63, 3.8) is 0 Å². The third-order valence-corrected chi connectivity index (χ3v) is 3.57. The number of halogens is 2. The lowest BCUT2D eigenvalue weighted by Crippen LogP contribution is -2.15. The second-order valence-electron chi connectivity index (χ2n) is 4.55. The van der Waals surface area contributed by atoms with E-state index < -0.39 is 0 Å². The van der Waals surface area contributed by atoms with Gasteiger partial charge in [0.1, 0.15) is 5.82 Å². The van der Waals surface area contributed by atoms with Crippen LogP contribution in [0.3, 0.4) is 0 Å². The molecule has 0 spiro atoms. The minimum Gasteiger partial charge on any atom is -0.384 e. The highest BCUT2D eigenvalue weighted by atomic mass is 79.9. The smallest absolute Gasteiger partial charge is 0.257 e. The molecule has 0 atom stereocenters. The molecule has 0 aliphatic carbocycles. The second-order valence-corrected chi connectivity index (χ2v) is 5.40. The van der Waals surface area contributed by atoms with Crippen molar-refractivity contribution in [2.45, 2.75) is 13.3 Å². The van der Waals surface area contributed by atoms with Crippen LogP contribution in [0.5, 0.6) is 0 Å². The van der Waals surface area contributed by atoms with E-state index in [1.54, 1.807) is 6.07 Å². The molecule has 0 saturated heterocycles. The first kappa shape index (κ1) is 15.5. The van der Waals surface area contributed by atoms with Crippen LogP contribution in [0.25, 0.3) is 0 Å². The van der Waals surface area contributed by atoms with Crippen LogP contribution >= 0.6 is 15.9 Å². The maximum atomic E-state index is 13.1. The molecule has 5 heteroatoms. The van der Waals surface area contributed by atoms with Gasteiger partial charge in [0.25, 0.3) is 5.91 Å². The third-order valence-electron chi connectivity index (χ3n) is 2.92. The molecule has 0 saturated carbocycles. The summed E-state index contributed by atoms with van der Waals surface area (Å²) in [5, 5.41) is 6.00. The molecule has 0 unspecified atom stereocenters. The number of hydrogen-bond acceptors (Lipinski definition) is 2. The first-order valence-electron chi connectivity index (χ1n) is 6.71. The largest absolute Gasteiger partial charge is 0.384 e. The molecule has 2 rings (SSSR count). The number of carbonyl (C=O) groups excluding carboxylic acids is 1. The van der Waals surface area contributed by atoms with Crippen LogP contribution in [-0.2, 0) is 0 Å². The van der Waals surface area contributed by atoms with Crippen molar-refractivity contribution < 1.29 is 9.18 Å². The number of para-hydroxylation sites is 1. The van der Waals surface area contributed by atoms with E-state index in [2.05, 4.69) is 33.5 Å². The number of nitrogens with one attached hydrogen (secondary N) is 2. The summed E-state index contributed by atoms with van der Waals surface area (Å²) in [6.07, 6.45) is 0.972. The van der Waals surface area contributed by atoms with Crippen LogP contribution in [-0.4, -0.2) is 12.5 Å². The number of anilines is 2. The van der Waals surface area contributed by atoms with E-state index in [1.165, 1.54) is 18.2 Å². The van der Waals surface area contributed by atoms with Crippen LogP contribution in [0.1, 0.15) is 23.7 Å². The quantitative estimate of drug-likeness (QED) is 0.823. The zero-order chi connectivity index (χ0) is 15.2. The van der Waals surface area contributed by atoms with Crippen LogP contribution in [0, 0.1) is 5.82 Å². The van der Waals surface area contributed by atoms with Crippen molar-refractivity contribution in [1.82, 2.24) is 0 Å². The lowest BCUT2D eigenvalue weighted by Gasteiger charge is -2.12. The van der Waals surface area contributed by atoms with Gasteiger partial charge in [-0.15, -0.1) is 0 Å². The van der Waals surface area contributed by atoms with Crippen molar-refractivity contribution in [3.8, 4) is 0 Å². The molecule has 0 aliphatic rings. The van der Waals surface area contributed by atoms with Gasteiger partial charge in [0, 0.05) is 16.7 Å². The Bertz CT molecular complexity index is 646. The molecule has 0 aromatic heterocycles. The lowest BCUT2D eigenvalue weighted by atomic mass is 10.1. The normalized spacial score (nSPS) is 10.2. The van der Waals surface area contributed by atoms with Gasteiger partial charge in [-0.3, -0.25) is 4.79 Å². The maximum Gasteiger partial charge on any atom is 0.257 e. The fourth-order valence-corrected chi connectivity index (χ4v) is 2.33. The van der Waals surface area contributed by atoms with Gasteiger partial charge in [-0.05, 0) is 52.7 Å². The highest BCUT2D eigenvalue weighted by Gasteiger charge is 2.12. The molecule has 0 fully saturated rings. The maximum absolute atomic E-state index is 13.1. The predicted octanol–water partition coefficient (Wildman–Crippen LogP) is 4.66. The Hall–Kier alpha value is -1.88. The topological polar surface area (TPSA) is 41.1 Å². The third kappa shape index (κ3) is 4.04. The van der Waals surface area contributed by atoms with Crippen molar-refractivity contribution >= 4 is 33.2 Å². The zero-order valence-electron chi connectivity index (χ0n) is 11.6. The van der Waals surface area contributed by atoms with Gasteiger partial charge in [-0.2, -0.15) is 0 Å². The van der Waals surface area contributed by atoms with Gasteiger partial charge in [0.2, 0.25) is 0 Å². The van der Waals surface area contributed by atoms with Gasteiger partial charge in [-0.25, -0.2) is 4.39 Å². The molecule has 3 nitrogen and oxygen atoms in total. The number of rotatable bonds is 5. The van der Waals surface area contributed by atoms with Gasteiger partial charge in [-0.1, -0.05) is 19.1 Å². The zero-order valence-corrected chi connectivity index (χ0v) is 13.2. The predicted molar refractivity (Wildman–Crippen MR) is 87.3 cm³/mol. The van der Waals surface area contributed by atoms with E-state index in [-0.39, 0.29) is 11.7 Å². The first-order chi connectivity index (χ1) is 10.1. The van der Waals surface area contributed by atoms with Crippen molar-refractivity contribution in [2.75, 3.05) is 17.2 Å². The average Bonchev–Trinajstić information content (AvgIpc) is 2.48. The first-order valence-corrected chi connectivity index (χ1v) is 7.50. The van der Waals surface area contributed by atoms with E-state index in [4.69, 9.17) is 0 Å². The fourth-order valence-electron chi connectivity index (χ4n) is 1.88. The minimum absolute atomic E-state index is 0.235. The molecule has 21 heavy (non-hydrogen) atoms. The average molecular weight is 351 g/mol. The molecule has 1 amide bonds. The van der Waals surface area contributed by atoms with Crippen LogP contribution < -0.4 is 10.6 Å². The molecular formula is C16H16BrFN2O. The van der Waals surface area contributed by atoms with Gasteiger partial charge < -0.3 is 10.6 Å². The summed E-state index contributed by atoms with van der Waals surface area (Å²) in [5.74, 6) is -0.591. The Labute approximate surface area is 131 Å². The number of carbonyl (C=O) groups is 1. The Morgan fingerprint density at radius 3 is 2.67 bits per heavy atom. The van der Waals surface area contributed by atoms with Crippen LogP contribution in [0.4, 0.5) is 15.8 Å². The lowest BCUT2D eigenvalue weighted by molar-refractivity contribution is 0.102. The monoisotopic (exact) mass is 350 g/mol. The van der Waals surface area contributed by atoms with Crippen molar-refractivity contribution in [3.05, 3.63) is 58.3 Å². The summed E-state index contributed by atoms with van der Waals surface area (Å²) in [5.41, 5.74) is 1.88. The fraction of sp³-hybridized carbons (Fsp3) is 0.188. The molecule has 2 aromatic carbocycles. The SMILES string of the molecule is CCCNc1ccccc1C(=O)Nc1ccc(F)cc1Br. The summed E-state index contributed by atoms with van der Waals surface area (Å²) >= 11 is 3.24. The Balaban J connectivity index is 2.20. The molecule has 0 radical (unpaired) electrons. The Morgan fingerprint density at radius 2 is 1.95 bits per heavy atom. The highest BCUT2D eigenvalue weighted by molar-refractivity contribution is 9.10. The second kappa shape index (κ2) is 7.22. The molecular weight excluding hydrogens is 335 g/mol. The summed E-state index contributed by atoms with van der Waals surface area (Å²) in [7, 11) is 0. The van der Waals surface area contributed by atoms with E-state index >= 15 is 0 Å². The van der Waals surface area contributed by atoms with Gasteiger partial charge in [0.15, 0.2) is 0 Å². The van der Waals surface area contributed by atoms with Crippen LogP contribution in [0.2, 0.25) is 0 Å². The van der Waals surface area contributed by atoms with E-state index in [0.717, 1.165) is 18.7 Å². The molecule has 2 aromatic rings. The number of hydrogen-bond donors (Lipinski definition) is 2. The van der Waals surface area contributed by atoms with E-state index in [9.17, 15) is 9.18 Å². The van der Waals surface area contributed by atoms with Crippen molar-refractivity contribution in [1.29, 1.82) is 0 Å². The highest BCUT2D eigenvalue weighted by Crippen LogP contribution is 2.24. The molecule has 0 heterocycles. The summed E-state index contributed by atoms with van der Waals surface area (Å²) in [6.45, 7) is 2.86.